The molecule has 2 N–H and O–H groups in total. The minimum Gasteiger partial charge on any atom is -0.367 e. The van der Waals surface area contributed by atoms with Crippen molar-refractivity contribution in [2.45, 2.75) is 38.1 Å². The Morgan fingerprint density at radius 2 is 2.05 bits per heavy atom. The summed E-state index contributed by atoms with van der Waals surface area (Å²) in [5.74, 6) is 1.58. The van der Waals surface area contributed by atoms with Crippen LogP contribution in [0.2, 0.25) is 5.02 Å². The van der Waals surface area contributed by atoms with Gasteiger partial charge in [-0.1, -0.05) is 36.6 Å². The van der Waals surface area contributed by atoms with Crippen molar-refractivity contribution in [3.05, 3.63) is 47.1 Å². The average Bonchev–Trinajstić information content (AvgIpc) is 3.01. The Kier molecular flexibility index (Phi) is 5.11. The Balaban J connectivity index is 1.51. The van der Waals surface area contributed by atoms with Crippen molar-refractivity contribution in [1.29, 1.82) is 0 Å². The van der Waals surface area contributed by atoms with E-state index in [2.05, 4.69) is 26.7 Å². The number of hydrogen-bond acceptors (Lipinski definition) is 4. The zero-order valence-electron chi connectivity index (χ0n) is 12.6. The van der Waals surface area contributed by atoms with E-state index in [1.54, 1.807) is 6.20 Å². The first kappa shape index (κ1) is 15.1. The SMILES string of the molecule is Clc1cccc(CCNc2nccc(NC3CCCC3)n2)c1. The van der Waals surface area contributed by atoms with Gasteiger partial charge in [-0.3, -0.25) is 0 Å². The van der Waals surface area contributed by atoms with Gasteiger partial charge in [0.2, 0.25) is 5.95 Å². The number of anilines is 2. The lowest BCUT2D eigenvalue weighted by Crippen LogP contribution is -2.16. The highest BCUT2D eigenvalue weighted by Crippen LogP contribution is 2.21. The minimum absolute atomic E-state index is 0.564. The van der Waals surface area contributed by atoms with Crippen molar-refractivity contribution in [2.24, 2.45) is 0 Å². The molecule has 0 atom stereocenters. The monoisotopic (exact) mass is 316 g/mol. The molecule has 0 bridgehead atoms. The van der Waals surface area contributed by atoms with Crippen LogP contribution in [-0.4, -0.2) is 22.6 Å². The smallest absolute Gasteiger partial charge is 0.224 e. The third-order valence-corrected chi connectivity index (χ3v) is 4.18. The molecule has 2 aromatic rings. The standard InChI is InChI=1S/C17H21ClN4/c18-14-5-3-4-13(12-14)8-10-19-17-20-11-9-16(22-17)21-15-6-1-2-7-15/h3-5,9,11-12,15H,1-2,6-8,10H2,(H2,19,20,21,22). The average molecular weight is 317 g/mol. The summed E-state index contributed by atoms with van der Waals surface area (Å²) in [6, 6.07) is 10.4. The fourth-order valence-electron chi connectivity index (χ4n) is 2.81. The Bertz CT molecular complexity index is 611. The van der Waals surface area contributed by atoms with Gasteiger partial charge in [0.05, 0.1) is 0 Å². The van der Waals surface area contributed by atoms with Gasteiger partial charge in [-0.05, 0) is 43.0 Å². The van der Waals surface area contributed by atoms with Crippen LogP contribution in [0.4, 0.5) is 11.8 Å². The second-order valence-corrected chi connectivity index (χ2v) is 6.13. The first-order chi connectivity index (χ1) is 10.8. The molecule has 0 spiro atoms. The lowest BCUT2D eigenvalue weighted by molar-refractivity contribution is 0.750. The van der Waals surface area contributed by atoms with Crippen molar-refractivity contribution in [2.75, 3.05) is 17.2 Å². The molecule has 1 heterocycles. The summed E-state index contributed by atoms with van der Waals surface area (Å²) in [6.07, 6.45) is 7.79. The maximum Gasteiger partial charge on any atom is 0.224 e. The first-order valence-corrected chi connectivity index (χ1v) is 8.25. The second-order valence-electron chi connectivity index (χ2n) is 5.70. The molecule has 1 fully saturated rings. The molecule has 0 amide bonds. The zero-order chi connectivity index (χ0) is 15.2. The fraction of sp³-hybridized carbons (Fsp3) is 0.412. The van der Waals surface area contributed by atoms with Crippen LogP contribution in [0.3, 0.4) is 0 Å². The molecule has 0 unspecified atom stereocenters. The molecule has 5 heteroatoms. The van der Waals surface area contributed by atoms with Gasteiger partial charge in [0, 0.05) is 23.8 Å². The van der Waals surface area contributed by atoms with E-state index < -0.39 is 0 Å². The molecule has 1 aliphatic rings. The molecule has 0 aliphatic heterocycles. The number of aromatic nitrogens is 2. The predicted molar refractivity (Wildman–Crippen MR) is 91.6 cm³/mol. The Morgan fingerprint density at radius 1 is 1.18 bits per heavy atom. The van der Waals surface area contributed by atoms with E-state index in [0.717, 1.165) is 23.8 Å². The summed E-state index contributed by atoms with van der Waals surface area (Å²) in [5.41, 5.74) is 1.21. The summed E-state index contributed by atoms with van der Waals surface area (Å²) >= 11 is 5.99. The summed E-state index contributed by atoms with van der Waals surface area (Å²) in [5, 5.41) is 7.54. The molecule has 0 saturated heterocycles. The van der Waals surface area contributed by atoms with Gasteiger partial charge in [0.1, 0.15) is 5.82 Å². The topological polar surface area (TPSA) is 49.8 Å². The van der Waals surface area contributed by atoms with Crippen LogP contribution < -0.4 is 10.6 Å². The molecule has 1 aliphatic carbocycles. The third kappa shape index (κ3) is 4.34. The second kappa shape index (κ2) is 7.45. The Morgan fingerprint density at radius 3 is 2.86 bits per heavy atom. The van der Waals surface area contributed by atoms with E-state index in [1.165, 1.54) is 31.2 Å². The first-order valence-electron chi connectivity index (χ1n) is 7.87. The van der Waals surface area contributed by atoms with E-state index >= 15 is 0 Å². The van der Waals surface area contributed by atoms with Crippen LogP contribution in [0.1, 0.15) is 31.2 Å². The van der Waals surface area contributed by atoms with Crippen LogP contribution in [0.25, 0.3) is 0 Å². The summed E-state index contributed by atoms with van der Waals surface area (Å²) in [4.78, 5) is 8.80. The Labute approximate surface area is 136 Å². The number of rotatable bonds is 6. The van der Waals surface area contributed by atoms with Gasteiger partial charge in [0.15, 0.2) is 0 Å². The zero-order valence-corrected chi connectivity index (χ0v) is 13.3. The van der Waals surface area contributed by atoms with Crippen LogP contribution in [0.15, 0.2) is 36.5 Å². The lowest BCUT2D eigenvalue weighted by atomic mass is 10.1. The molecular weight excluding hydrogens is 296 g/mol. The molecule has 0 radical (unpaired) electrons. The molecular formula is C17H21ClN4. The largest absolute Gasteiger partial charge is 0.367 e. The summed E-state index contributed by atoms with van der Waals surface area (Å²) < 4.78 is 0. The Hall–Kier alpha value is -1.81. The number of halogens is 1. The fourth-order valence-corrected chi connectivity index (χ4v) is 3.03. The molecule has 1 aromatic carbocycles. The summed E-state index contributed by atoms with van der Waals surface area (Å²) in [7, 11) is 0. The number of nitrogens with one attached hydrogen (secondary N) is 2. The normalized spacial score (nSPS) is 15.0. The lowest BCUT2D eigenvalue weighted by Gasteiger charge is -2.13. The predicted octanol–water partition coefficient (Wildman–Crippen LogP) is 4.14. The van der Waals surface area contributed by atoms with Crippen LogP contribution in [0.5, 0.6) is 0 Å². The van der Waals surface area contributed by atoms with E-state index in [9.17, 15) is 0 Å². The van der Waals surface area contributed by atoms with E-state index in [1.807, 2.05) is 24.3 Å². The van der Waals surface area contributed by atoms with E-state index in [4.69, 9.17) is 11.6 Å². The van der Waals surface area contributed by atoms with Gasteiger partial charge in [-0.2, -0.15) is 4.98 Å². The molecule has 116 valence electrons. The number of hydrogen-bond donors (Lipinski definition) is 2. The van der Waals surface area contributed by atoms with Crippen molar-refractivity contribution in [3.8, 4) is 0 Å². The molecule has 1 aromatic heterocycles. The summed E-state index contributed by atoms with van der Waals surface area (Å²) in [6.45, 7) is 0.785. The van der Waals surface area contributed by atoms with Crippen molar-refractivity contribution < 1.29 is 0 Å². The van der Waals surface area contributed by atoms with Gasteiger partial charge < -0.3 is 10.6 Å². The molecule has 3 rings (SSSR count). The van der Waals surface area contributed by atoms with Crippen LogP contribution >= 0.6 is 11.6 Å². The third-order valence-electron chi connectivity index (χ3n) is 3.95. The quantitative estimate of drug-likeness (QED) is 0.841. The van der Waals surface area contributed by atoms with Crippen molar-refractivity contribution >= 4 is 23.4 Å². The van der Waals surface area contributed by atoms with Crippen LogP contribution in [-0.2, 0) is 6.42 Å². The molecule has 22 heavy (non-hydrogen) atoms. The maximum atomic E-state index is 5.99. The van der Waals surface area contributed by atoms with E-state index in [0.29, 0.717) is 12.0 Å². The van der Waals surface area contributed by atoms with Crippen molar-refractivity contribution in [3.63, 3.8) is 0 Å². The van der Waals surface area contributed by atoms with Gasteiger partial charge in [-0.25, -0.2) is 4.98 Å². The van der Waals surface area contributed by atoms with Gasteiger partial charge in [-0.15, -0.1) is 0 Å². The maximum absolute atomic E-state index is 5.99. The van der Waals surface area contributed by atoms with Crippen LogP contribution in [0, 0.1) is 0 Å². The highest BCUT2D eigenvalue weighted by Gasteiger charge is 2.14. The highest BCUT2D eigenvalue weighted by molar-refractivity contribution is 6.30. The molecule has 1 saturated carbocycles. The van der Waals surface area contributed by atoms with E-state index in [-0.39, 0.29) is 0 Å². The molecule has 4 nitrogen and oxygen atoms in total. The number of benzene rings is 1. The van der Waals surface area contributed by atoms with Gasteiger partial charge >= 0.3 is 0 Å². The minimum atomic E-state index is 0.564. The van der Waals surface area contributed by atoms with Gasteiger partial charge in [0.25, 0.3) is 0 Å². The number of nitrogens with zero attached hydrogens (tertiary/aromatic N) is 2. The van der Waals surface area contributed by atoms with Crippen molar-refractivity contribution in [1.82, 2.24) is 9.97 Å². The highest BCUT2D eigenvalue weighted by atomic mass is 35.5.